The second-order valence-electron chi connectivity index (χ2n) is 2.88. The highest BCUT2D eigenvalue weighted by molar-refractivity contribution is 5.37. The summed E-state index contributed by atoms with van der Waals surface area (Å²) in [6, 6.07) is 1.85. The Morgan fingerprint density at radius 3 is 3.00 bits per heavy atom. The Kier molecular flexibility index (Phi) is 4.64. The minimum absolute atomic E-state index is 0.193. The maximum Gasteiger partial charge on any atom is 0.132 e. The van der Waals surface area contributed by atoms with Crippen LogP contribution in [0.3, 0.4) is 0 Å². The van der Waals surface area contributed by atoms with Gasteiger partial charge in [0.25, 0.3) is 0 Å². The van der Waals surface area contributed by atoms with Gasteiger partial charge in [-0.25, -0.2) is 9.97 Å². The first-order valence-corrected chi connectivity index (χ1v) is 4.61. The van der Waals surface area contributed by atoms with Crippen molar-refractivity contribution in [3.63, 3.8) is 0 Å². The summed E-state index contributed by atoms with van der Waals surface area (Å²) in [6.45, 7) is 5.39. The van der Waals surface area contributed by atoms with Crippen LogP contribution >= 0.6 is 0 Å². The van der Waals surface area contributed by atoms with Crippen LogP contribution in [0.2, 0.25) is 0 Å². The van der Waals surface area contributed by atoms with E-state index in [1.54, 1.807) is 6.20 Å². The molecule has 1 rings (SSSR count). The molecule has 0 radical (unpaired) electrons. The van der Waals surface area contributed by atoms with Crippen LogP contribution in [0.4, 0.5) is 5.82 Å². The molecule has 0 saturated heterocycles. The van der Waals surface area contributed by atoms with Crippen molar-refractivity contribution in [3.05, 3.63) is 31.2 Å². The minimum atomic E-state index is 0.193. The molecule has 0 amide bonds. The molecule has 4 heteroatoms. The standard InChI is InChI=1S/C10H15N3O/c1-2-6-13(7-3-8-14)10-4-5-11-9-12-10/h2,4-5,9,14H,1,3,6-8H2. The van der Waals surface area contributed by atoms with Gasteiger partial charge in [-0.2, -0.15) is 0 Å². The van der Waals surface area contributed by atoms with Gasteiger partial charge in [-0.15, -0.1) is 6.58 Å². The minimum Gasteiger partial charge on any atom is -0.396 e. The molecule has 0 aliphatic heterocycles. The molecule has 0 fully saturated rings. The van der Waals surface area contributed by atoms with E-state index in [-0.39, 0.29) is 6.61 Å². The predicted molar refractivity (Wildman–Crippen MR) is 56.1 cm³/mol. The highest BCUT2D eigenvalue weighted by atomic mass is 16.3. The summed E-state index contributed by atoms with van der Waals surface area (Å²) in [6.07, 6.45) is 5.78. The number of rotatable bonds is 6. The summed E-state index contributed by atoms with van der Waals surface area (Å²) >= 11 is 0. The Hall–Kier alpha value is -1.42. The van der Waals surface area contributed by atoms with Crippen molar-refractivity contribution in [1.82, 2.24) is 9.97 Å². The van der Waals surface area contributed by atoms with E-state index in [4.69, 9.17) is 5.11 Å². The van der Waals surface area contributed by atoms with Gasteiger partial charge in [0, 0.05) is 25.9 Å². The second kappa shape index (κ2) is 6.10. The molecule has 0 saturated carbocycles. The highest BCUT2D eigenvalue weighted by Gasteiger charge is 2.04. The van der Waals surface area contributed by atoms with E-state index in [2.05, 4.69) is 16.5 Å². The number of aliphatic hydroxyl groups is 1. The lowest BCUT2D eigenvalue weighted by molar-refractivity contribution is 0.290. The summed E-state index contributed by atoms with van der Waals surface area (Å²) in [5, 5.41) is 8.75. The first-order chi connectivity index (χ1) is 6.88. The van der Waals surface area contributed by atoms with Crippen LogP contribution in [0, 0.1) is 0 Å². The molecular formula is C10H15N3O. The van der Waals surface area contributed by atoms with Crippen LogP contribution in [0.25, 0.3) is 0 Å². The van der Waals surface area contributed by atoms with Gasteiger partial charge in [0.05, 0.1) is 0 Å². The first kappa shape index (κ1) is 10.7. The van der Waals surface area contributed by atoms with Crippen molar-refractivity contribution in [3.8, 4) is 0 Å². The van der Waals surface area contributed by atoms with Crippen molar-refractivity contribution >= 4 is 5.82 Å². The van der Waals surface area contributed by atoms with E-state index in [0.29, 0.717) is 0 Å². The smallest absolute Gasteiger partial charge is 0.132 e. The maximum absolute atomic E-state index is 8.75. The van der Waals surface area contributed by atoms with Gasteiger partial charge >= 0.3 is 0 Å². The molecule has 1 aromatic rings. The van der Waals surface area contributed by atoms with Crippen molar-refractivity contribution in [2.45, 2.75) is 6.42 Å². The molecule has 0 atom stereocenters. The summed E-state index contributed by atoms with van der Waals surface area (Å²) < 4.78 is 0. The van der Waals surface area contributed by atoms with Crippen molar-refractivity contribution in [2.24, 2.45) is 0 Å². The largest absolute Gasteiger partial charge is 0.396 e. The van der Waals surface area contributed by atoms with Gasteiger partial charge in [-0.3, -0.25) is 0 Å². The summed E-state index contributed by atoms with van der Waals surface area (Å²) in [4.78, 5) is 10.0. The molecule has 0 aromatic carbocycles. The normalized spacial score (nSPS) is 9.79. The Bertz CT molecular complexity index is 263. The molecule has 76 valence electrons. The van der Waals surface area contributed by atoms with Gasteiger partial charge in [-0.05, 0) is 12.5 Å². The zero-order valence-electron chi connectivity index (χ0n) is 8.13. The van der Waals surface area contributed by atoms with E-state index >= 15 is 0 Å². The van der Waals surface area contributed by atoms with Crippen molar-refractivity contribution < 1.29 is 5.11 Å². The third kappa shape index (κ3) is 3.14. The van der Waals surface area contributed by atoms with Crippen LogP contribution in [0.5, 0.6) is 0 Å². The summed E-state index contributed by atoms with van der Waals surface area (Å²) in [5.41, 5.74) is 0. The van der Waals surface area contributed by atoms with Crippen LogP contribution < -0.4 is 4.90 Å². The Balaban J connectivity index is 2.62. The lowest BCUT2D eigenvalue weighted by Crippen LogP contribution is -2.26. The number of anilines is 1. The van der Waals surface area contributed by atoms with Crippen LogP contribution in [0.15, 0.2) is 31.2 Å². The summed E-state index contributed by atoms with van der Waals surface area (Å²) in [5.74, 6) is 0.869. The molecule has 1 N–H and O–H groups in total. The third-order valence-corrected chi connectivity index (χ3v) is 1.83. The highest BCUT2D eigenvalue weighted by Crippen LogP contribution is 2.08. The monoisotopic (exact) mass is 193 g/mol. The van der Waals surface area contributed by atoms with E-state index in [0.717, 1.165) is 25.3 Å². The maximum atomic E-state index is 8.75. The van der Waals surface area contributed by atoms with Crippen LogP contribution in [-0.2, 0) is 0 Å². The molecule has 0 spiro atoms. The number of hydrogen-bond acceptors (Lipinski definition) is 4. The van der Waals surface area contributed by atoms with E-state index in [1.807, 2.05) is 17.0 Å². The number of hydrogen-bond donors (Lipinski definition) is 1. The molecule has 14 heavy (non-hydrogen) atoms. The number of nitrogens with zero attached hydrogens (tertiary/aromatic N) is 3. The van der Waals surface area contributed by atoms with Gasteiger partial charge in [0.15, 0.2) is 0 Å². The van der Waals surface area contributed by atoms with E-state index < -0.39 is 0 Å². The number of aromatic nitrogens is 2. The van der Waals surface area contributed by atoms with E-state index in [9.17, 15) is 0 Å². The lowest BCUT2D eigenvalue weighted by atomic mass is 10.3. The van der Waals surface area contributed by atoms with E-state index in [1.165, 1.54) is 6.33 Å². The average molecular weight is 193 g/mol. The molecule has 1 heterocycles. The van der Waals surface area contributed by atoms with Crippen molar-refractivity contribution in [2.75, 3.05) is 24.6 Å². The molecule has 0 aliphatic rings. The number of aliphatic hydroxyl groups excluding tert-OH is 1. The molecule has 0 unspecified atom stereocenters. The Morgan fingerprint density at radius 2 is 2.43 bits per heavy atom. The lowest BCUT2D eigenvalue weighted by Gasteiger charge is -2.21. The molecule has 4 nitrogen and oxygen atoms in total. The molecule has 1 aromatic heterocycles. The van der Waals surface area contributed by atoms with Gasteiger partial charge in [0.2, 0.25) is 0 Å². The average Bonchev–Trinajstić information content (AvgIpc) is 2.25. The SMILES string of the molecule is C=CCN(CCCO)c1ccncn1. The quantitative estimate of drug-likeness (QED) is 0.680. The van der Waals surface area contributed by atoms with Gasteiger partial charge in [0.1, 0.15) is 12.1 Å². The summed E-state index contributed by atoms with van der Waals surface area (Å²) in [7, 11) is 0. The molecule has 0 bridgehead atoms. The fourth-order valence-corrected chi connectivity index (χ4v) is 1.19. The Morgan fingerprint density at radius 1 is 1.57 bits per heavy atom. The van der Waals surface area contributed by atoms with Crippen LogP contribution in [-0.4, -0.2) is 34.8 Å². The fraction of sp³-hybridized carbons (Fsp3) is 0.400. The van der Waals surface area contributed by atoms with Gasteiger partial charge in [-0.1, -0.05) is 6.08 Å². The first-order valence-electron chi connectivity index (χ1n) is 4.61. The molecule has 0 aliphatic carbocycles. The predicted octanol–water partition coefficient (Wildman–Crippen LogP) is 0.851. The second-order valence-corrected chi connectivity index (χ2v) is 2.88. The zero-order chi connectivity index (χ0) is 10.2. The zero-order valence-corrected chi connectivity index (χ0v) is 8.13. The van der Waals surface area contributed by atoms with Gasteiger partial charge < -0.3 is 10.0 Å². The Labute approximate surface area is 83.9 Å². The third-order valence-electron chi connectivity index (χ3n) is 1.83. The topological polar surface area (TPSA) is 49.2 Å². The van der Waals surface area contributed by atoms with Crippen LogP contribution in [0.1, 0.15) is 6.42 Å². The van der Waals surface area contributed by atoms with Crippen molar-refractivity contribution in [1.29, 1.82) is 0 Å². The molecular weight excluding hydrogens is 178 g/mol. The fourth-order valence-electron chi connectivity index (χ4n) is 1.19.